The summed E-state index contributed by atoms with van der Waals surface area (Å²) >= 11 is 1.32. The Balaban J connectivity index is 1.41. The minimum Gasteiger partial charge on any atom is -0.462 e. The van der Waals surface area contributed by atoms with E-state index in [-0.39, 0.29) is 6.61 Å². The van der Waals surface area contributed by atoms with Crippen molar-refractivity contribution in [1.29, 1.82) is 0 Å². The Morgan fingerprint density at radius 3 is 2.52 bits per heavy atom. The Morgan fingerprint density at radius 1 is 1.09 bits per heavy atom. The van der Waals surface area contributed by atoms with Crippen LogP contribution in [0.1, 0.15) is 46.6 Å². The van der Waals surface area contributed by atoms with E-state index in [4.69, 9.17) is 4.74 Å². The molecule has 2 aromatic heterocycles. The van der Waals surface area contributed by atoms with Crippen molar-refractivity contribution in [2.45, 2.75) is 33.1 Å². The van der Waals surface area contributed by atoms with E-state index in [2.05, 4.69) is 15.8 Å². The van der Waals surface area contributed by atoms with E-state index in [1.165, 1.54) is 11.3 Å². The first-order valence-electron chi connectivity index (χ1n) is 10.7. The van der Waals surface area contributed by atoms with Crippen LogP contribution in [0.25, 0.3) is 5.69 Å². The zero-order chi connectivity index (χ0) is 23.4. The molecule has 0 aliphatic heterocycles. The largest absolute Gasteiger partial charge is 0.462 e. The number of nitrogens with one attached hydrogen (secondary N) is 2. The topological polar surface area (TPSA) is 102 Å². The predicted molar refractivity (Wildman–Crippen MR) is 127 cm³/mol. The number of benzene rings is 1. The van der Waals surface area contributed by atoms with Gasteiger partial charge in [-0.3, -0.25) is 9.59 Å². The van der Waals surface area contributed by atoms with Crippen molar-refractivity contribution < 1.29 is 19.1 Å². The van der Waals surface area contributed by atoms with Crippen LogP contribution in [0.3, 0.4) is 0 Å². The van der Waals surface area contributed by atoms with Crippen LogP contribution in [0, 0.1) is 0 Å². The average Bonchev–Trinajstić information content (AvgIpc) is 3.55. The maximum atomic E-state index is 12.5. The summed E-state index contributed by atoms with van der Waals surface area (Å²) in [6, 6.07) is 11.5. The average molecular weight is 465 g/mol. The molecule has 2 N–H and O–H groups in total. The Kier molecular flexibility index (Phi) is 6.69. The number of ether oxygens (including phenoxy) is 1. The third kappa shape index (κ3) is 4.88. The van der Waals surface area contributed by atoms with Crippen molar-refractivity contribution in [2.75, 3.05) is 11.9 Å². The summed E-state index contributed by atoms with van der Waals surface area (Å²) < 4.78 is 7.13. The second kappa shape index (κ2) is 9.83. The fourth-order valence-electron chi connectivity index (χ4n) is 3.70. The number of carbonyl (C=O) groups is 3. The van der Waals surface area contributed by atoms with Gasteiger partial charge in [0.25, 0.3) is 0 Å². The first-order chi connectivity index (χ1) is 16.0. The number of anilines is 1. The van der Waals surface area contributed by atoms with Gasteiger partial charge in [-0.25, -0.2) is 10.2 Å². The molecule has 0 bridgehead atoms. The lowest BCUT2D eigenvalue weighted by Gasteiger charge is -2.08. The van der Waals surface area contributed by atoms with Crippen LogP contribution >= 0.6 is 11.3 Å². The smallest absolute Gasteiger partial charge is 0.341 e. The van der Waals surface area contributed by atoms with Gasteiger partial charge < -0.3 is 14.6 Å². The molecule has 0 unspecified atom stereocenters. The quantitative estimate of drug-likeness (QED) is 0.251. The van der Waals surface area contributed by atoms with E-state index in [1.54, 1.807) is 13.8 Å². The van der Waals surface area contributed by atoms with E-state index in [9.17, 15) is 14.4 Å². The fourth-order valence-corrected chi connectivity index (χ4v) is 4.98. The van der Waals surface area contributed by atoms with E-state index in [0.29, 0.717) is 16.3 Å². The van der Waals surface area contributed by atoms with E-state index in [0.717, 1.165) is 41.0 Å². The zero-order valence-corrected chi connectivity index (χ0v) is 19.2. The van der Waals surface area contributed by atoms with Crippen molar-refractivity contribution >= 4 is 39.8 Å². The third-order valence-electron chi connectivity index (χ3n) is 5.35. The molecule has 8 nitrogen and oxygen atoms in total. The molecule has 0 atom stereocenters. The zero-order valence-electron chi connectivity index (χ0n) is 18.4. The van der Waals surface area contributed by atoms with E-state index >= 15 is 0 Å². The molecule has 1 aliphatic carbocycles. The molecule has 0 radical (unpaired) electrons. The van der Waals surface area contributed by atoms with Crippen LogP contribution in [0.4, 0.5) is 5.00 Å². The number of hydrogen-bond donors (Lipinski definition) is 2. The van der Waals surface area contributed by atoms with Gasteiger partial charge in [0, 0.05) is 23.0 Å². The molecular weight excluding hydrogens is 440 g/mol. The summed E-state index contributed by atoms with van der Waals surface area (Å²) in [7, 11) is 0. The SMILES string of the molecule is CCOC(=O)c1c(NC(=O)C(=O)N/N=C(/C)c2ccc(-n3cccc3)cc2)sc2c1CCC2. The van der Waals surface area contributed by atoms with Gasteiger partial charge >= 0.3 is 17.8 Å². The number of aryl methyl sites for hydroxylation is 1. The van der Waals surface area contributed by atoms with Gasteiger partial charge in [0.1, 0.15) is 5.00 Å². The number of esters is 1. The number of nitrogens with zero attached hydrogens (tertiary/aromatic N) is 2. The second-order valence-electron chi connectivity index (χ2n) is 7.51. The minimum absolute atomic E-state index is 0.234. The van der Waals surface area contributed by atoms with Crippen molar-refractivity contribution in [3.63, 3.8) is 0 Å². The fraction of sp³-hybridized carbons (Fsp3) is 0.250. The van der Waals surface area contributed by atoms with Crippen LogP contribution in [0.2, 0.25) is 0 Å². The number of fused-ring (bicyclic) bond motifs is 1. The highest BCUT2D eigenvalue weighted by atomic mass is 32.1. The number of hydrazone groups is 1. The highest BCUT2D eigenvalue weighted by Crippen LogP contribution is 2.39. The summed E-state index contributed by atoms with van der Waals surface area (Å²) in [5, 5.41) is 6.95. The molecule has 1 aliphatic rings. The monoisotopic (exact) mass is 464 g/mol. The number of thiophene rings is 1. The number of amides is 2. The van der Waals surface area contributed by atoms with E-state index < -0.39 is 17.8 Å². The molecular formula is C24H24N4O4S. The second-order valence-corrected chi connectivity index (χ2v) is 8.62. The van der Waals surface area contributed by atoms with Gasteiger partial charge in [0.05, 0.1) is 17.9 Å². The van der Waals surface area contributed by atoms with Gasteiger partial charge in [-0.1, -0.05) is 12.1 Å². The van der Waals surface area contributed by atoms with Crippen LogP contribution in [-0.4, -0.2) is 34.7 Å². The van der Waals surface area contributed by atoms with Gasteiger partial charge in [-0.15, -0.1) is 11.3 Å². The number of hydrogen-bond acceptors (Lipinski definition) is 6. The molecule has 0 fully saturated rings. The summed E-state index contributed by atoms with van der Waals surface area (Å²) in [4.78, 5) is 38.3. The van der Waals surface area contributed by atoms with Crippen molar-refractivity contribution in [1.82, 2.24) is 9.99 Å². The summed E-state index contributed by atoms with van der Waals surface area (Å²) in [5.74, 6) is -2.29. The Morgan fingerprint density at radius 2 is 1.82 bits per heavy atom. The molecule has 33 heavy (non-hydrogen) atoms. The standard InChI is InChI=1S/C24H24N4O4S/c1-3-32-24(31)20-18-7-6-8-19(18)33-23(20)25-21(29)22(30)27-26-15(2)16-9-11-17(12-10-16)28-13-4-5-14-28/h4-5,9-14H,3,6-8H2,1-2H3,(H,25,29)(H,27,30)/b26-15-. The minimum atomic E-state index is -0.915. The predicted octanol–water partition coefficient (Wildman–Crippen LogP) is 3.68. The maximum Gasteiger partial charge on any atom is 0.341 e. The number of aromatic nitrogens is 1. The molecule has 0 saturated heterocycles. The summed E-state index contributed by atoms with van der Waals surface area (Å²) in [5.41, 5.74) is 5.92. The highest BCUT2D eigenvalue weighted by Gasteiger charge is 2.29. The Labute approximate surface area is 195 Å². The maximum absolute atomic E-state index is 12.5. The highest BCUT2D eigenvalue weighted by molar-refractivity contribution is 7.17. The molecule has 4 rings (SSSR count). The van der Waals surface area contributed by atoms with Gasteiger partial charge in [0.2, 0.25) is 0 Å². The third-order valence-corrected chi connectivity index (χ3v) is 6.55. The van der Waals surface area contributed by atoms with E-state index in [1.807, 2.05) is 53.4 Å². The lowest BCUT2D eigenvalue weighted by molar-refractivity contribution is -0.136. The lowest BCUT2D eigenvalue weighted by atomic mass is 10.1. The van der Waals surface area contributed by atoms with Crippen LogP contribution in [0.15, 0.2) is 53.9 Å². The Hall–Kier alpha value is -3.72. The summed E-state index contributed by atoms with van der Waals surface area (Å²) in [6.45, 7) is 3.70. The molecule has 3 aromatic rings. The van der Waals surface area contributed by atoms with Crippen molar-refractivity contribution in [3.8, 4) is 5.69 Å². The Bertz CT molecular complexity index is 1210. The van der Waals surface area contributed by atoms with Crippen LogP contribution < -0.4 is 10.7 Å². The van der Waals surface area contributed by atoms with Gasteiger partial charge in [0.15, 0.2) is 0 Å². The van der Waals surface area contributed by atoms with Crippen molar-refractivity contribution in [2.24, 2.45) is 5.10 Å². The number of carbonyl (C=O) groups excluding carboxylic acids is 3. The molecule has 0 saturated carbocycles. The number of rotatable bonds is 6. The molecule has 0 spiro atoms. The van der Waals surface area contributed by atoms with Crippen molar-refractivity contribution in [3.05, 3.63) is 70.4 Å². The lowest BCUT2D eigenvalue weighted by Crippen LogP contribution is -2.33. The van der Waals surface area contributed by atoms with Crippen LogP contribution in [-0.2, 0) is 27.2 Å². The van der Waals surface area contributed by atoms with Gasteiger partial charge in [-0.05, 0) is 68.5 Å². The molecule has 9 heteroatoms. The summed E-state index contributed by atoms with van der Waals surface area (Å²) in [6.07, 6.45) is 6.47. The first kappa shape index (κ1) is 22.5. The molecule has 2 amide bonds. The van der Waals surface area contributed by atoms with Gasteiger partial charge in [-0.2, -0.15) is 5.10 Å². The molecule has 1 aromatic carbocycles. The molecule has 2 heterocycles. The first-order valence-corrected chi connectivity index (χ1v) is 11.5. The molecule has 170 valence electrons. The van der Waals surface area contributed by atoms with Crippen LogP contribution in [0.5, 0.6) is 0 Å². The normalized spacial score (nSPS) is 12.8.